The molecule has 22 heavy (non-hydrogen) atoms. The Morgan fingerprint density at radius 3 is 2.14 bits per heavy atom. The summed E-state index contributed by atoms with van der Waals surface area (Å²) in [6.45, 7) is 1.68. The maximum absolute atomic E-state index is 13.8. The third-order valence-electron chi connectivity index (χ3n) is 6.56. The molecule has 1 aliphatic heterocycles. The van der Waals surface area contributed by atoms with Crippen molar-refractivity contribution in [3.8, 4) is 0 Å². The van der Waals surface area contributed by atoms with Gasteiger partial charge in [-0.1, -0.05) is 6.07 Å². The monoisotopic (exact) mass is 299 g/mol. The molecule has 6 rings (SSSR count). The Hall–Kier alpha value is -1.71. The van der Waals surface area contributed by atoms with Gasteiger partial charge in [-0.3, -0.25) is 9.59 Å². The molecule has 5 fully saturated rings. The number of imide groups is 1. The molecule has 3 nitrogen and oxygen atoms in total. The van der Waals surface area contributed by atoms with Crippen LogP contribution in [0.2, 0.25) is 0 Å². The Balaban J connectivity index is 1.57. The smallest absolute Gasteiger partial charge is 0.237 e. The molecule has 2 bridgehead atoms. The second-order valence-electron chi connectivity index (χ2n) is 7.47. The van der Waals surface area contributed by atoms with E-state index >= 15 is 0 Å². The van der Waals surface area contributed by atoms with E-state index in [1.165, 1.54) is 17.4 Å². The third-order valence-corrected chi connectivity index (χ3v) is 6.56. The van der Waals surface area contributed by atoms with Gasteiger partial charge in [0.25, 0.3) is 0 Å². The van der Waals surface area contributed by atoms with Gasteiger partial charge in [0.15, 0.2) is 0 Å². The van der Waals surface area contributed by atoms with Crippen LogP contribution in [0.3, 0.4) is 0 Å². The molecule has 1 heterocycles. The van der Waals surface area contributed by atoms with Crippen molar-refractivity contribution in [3.63, 3.8) is 0 Å². The minimum absolute atomic E-state index is 0.0849. The van der Waals surface area contributed by atoms with Crippen LogP contribution in [0.4, 0.5) is 10.1 Å². The van der Waals surface area contributed by atoms with Crippen molar-refractivity contribution in [2.24, 2.45) is 35.5 Å². The van der Waals surface area contributed by atoms with E-state index in [9.17, 15) is 14.0 Å². The zero-order valence-electron chi connectivity index (χ0n) is 12.5. The number of rotatable bonds is 1. The molecule has 114 valence electrons. The summed E-state index contributed by atoms with van der Waals surface area (Å²) in [5, 5.41) is 0. The number of anilines is 1. The normalized spacial score (nSPS) is 41.6. The van der Waals surface area contributed by atoms with Gasteiger partial charge in [0.2, 0.25) is 11.8 Å². The molecule has 0 spiro atoms. The van der Waals surface area contributed by atoms with Gasteiger partial charge in [0, 0.05) is 0 Å². The van der Waals surface area contributed by atoms with Gasteiger partial charge >= 0.3 is 0 Å². The fraction of sp³-hybridized carbons (Fsp3) is 0.556. The summed E-state index contributed by atoms with van der Waals surface area (Å²) in [5.74, 6) is 1.31. The minimum atomic E-state index is -0.362. The Labute approximate surface area is 128 Å². The molecule has 0 radical (unpaired) electrons. The maximum atomic E-state index is 13.8. The Morgan fingerprint density at radius 2 is 1.59 bits per heavy atom. The number of halogens is 1. The van der Waals surface area contributed by atoms with Crippen molar-refractivity contribution in [2.75, 3.05) is 4.90 Å². The lowest BCUT2D eigenvalue weighted by Crippen LogP contribution is -2.43. The number of carbonyl (C=O) groups is 2. The van der Waals surface area contributed by atoms with E-state index in [1.54, 1.807) is 19.1 Å². The zero-order valence-corrected chi connectivity index (χ0v) is 12.5. The van der Waals surface area contributed by atoms with E-state index in [4.69, 9.17) is 0 Å². The molecule has 1 aromatic rings. The Kier molecular flexibility index (Phi) is 2.31. The van der Waals surface area contributed by atoms with Gasteiger partial charge in [-0.05, 0) is 67.6 Å². The van der Waals surface area contributed by atoms with E-state index in [0.29, 0.717) is 34.9 Å². The quantitative estimate of drug-likeness (QED) is 0.748. The predicted octanol–water partition coefficient (Wildman–Crippen LogP) is 2.92. The van der Waals surface area contributed by atoms with E-state index < -0.39 is 0 Å². The molecular weight excluding hydrogens is 281 g/mol. The van der Waals surface area contributed by atoms with Gasteiger partial charge in [0.05, 0.1) is 17.5 Å². The molecule has 6 unspecified atom stereocenters. The van der Waals surface area contributed by atoms with Crippen molar-refractivity contribution < 1.29 is 14.0 Å². The molecule has 4 heteroatoms. The number of carbonyl (C=O) groups excluding carboxylic acids is 2. The van der Waals surface area contributed by atoms with Crippen molar-refractivity contribution >= 4 is 17.5 Å². The summed E-state index contributed by atoms with van der Waals surface area (Å²) >= 11 is 0. The third kappa shape index (κ3) is 1.41. The maximum Gasteiger partial charge on any atom is 0.237 e. The lowest BCUT2D eigenvalue weighted by atomic mass is 9.59. The molecule has 0 N–H and O–H groups in total. The van der Waals surface area contributed by atoms with Gasteiger partial charge in [-0.25, -0.2) is 9.29 Å². The van der Waals surface area contributed by atoms with Crippen molar-refractivity contribution in [3.05, 3.63) is 29.6 Å². The molecule has 6 atom stereocenters. The standard InChI is InChI=1S/C18H18FNO2/c1-8-2-3-9(6-14(8)19)20-17(21)15-10-4-5-11(13-7-12(10)13)16(15)18(20)22/h2-3,6,10-13,15-16H,4-5,7H2,1H3. The van der Waals surface area contributed by atoms with Crippen LogP contribution in [0.5, 0.6) is 0 Å². The highest BCUT2D eigenvalue weighted by Crippen LogP contribution is 2.68. The van der Waals surface area contributed by atoms with Crippen LogP contribution in [-0.2, 0) is 9.59 Å². The van der Waals surface area contributed by atoms with Crippen LogP contribution in [0.1, 0.15) is 24.8 Å². The van der Waals surface area contributed by atoms with Crippen LogP contribution in [0.25, 0.3) is 0 Å². The van der Waals surface area contributed by atoms with Crippen molar-refractivity contribution in [1.82, 2.24) is 0 Å². The predicted molar refractivity (Wildman–Crippen MR) is 78.4 cm³/mol. The zero-order chi connectivity index (χ0) is 15.2. The molecule has 1 aromatic carbocycles. The number of nitrogens with zero attached hydrogens (tertiary/aromatic N) is 1. The van der Waals surface area contributed by atoms with Crippen LogP contribution in [0, 0.1) is 48.2 Å². The summed E-state index contributed by atoms with van der Waals surface area (Å²) in [6.07, 6.45) is 3.38. The number of aryl methyl sites for hydroxylation is 1. The lowest BCUT2D eigenvalue weighted by molar-refractivity contribution is -0.129. The minimum Gasteiger partial charge on any atom is -0.274 e. The molecule has 5 aliphatic rings. The number of benzene rings is 1. The molecule has 4 saturated carbocycles. The molecule has 1 saturated heterocycles. The highest BCUT2D eigenvalue weighted by atomic mass is 19.1. The SMILES string of the molecule is Cc1ccc(N2C(=O)C3C4CCC(C5CC54)C3C2=O)cc1F. The first-order valence-electron chi connectivity index (χ1n) is 8.22. The second kappa shape index (κ2) is 3.98. The van der Waals surface area contributed by atoms with E-state index in [-0.39, 0.29) is 29.5 Å². The first-order chi connectivity index (χ1) is 10.6. The average Bonchev–Trinajstić information content (AvgIpc) is 3.28. The van der Waals surface area contributed by atoms with E-state index in [0.717, 1.165) is 12.8 Å². The van der Waals surface area contributed by atoms with E-state index in [1.807, 2.05) is 0 Å². The summed E-state index contributed by atoms with van der Waals surface area (Å²) in [4.78, 5) is 27.0. The Bertz CT molecular complexity index is 681. The highest BCUT2D eigenvalue weighted by molar-refractivity contribution is 6.22. The summed E-state index contributed by atoms with van der Waals surface area (Å²) in [7, 11) is 0. The first-order valence-corrected chi connectivity index (χ1v) is 8.22. The fourth-order valence-corrected chi connectivity index (χ4v) is 5.51. The lowest BCUT2D eigenvalue weighted by Gasteiger charge is -2.42. The van der Waals surface area contributed by atoms with Crippen LogP contribution in [0.15, 0.2) is 18.2 Å². The van der Waals surface area contributed by atoms with Crippen LogP contribution >= 0.6 is 0 Å². The first kappa shape index (κ1) is 12.8. The van der Waals surface area contributed by atoms with Gasteiger partial charge in [0.1, 0.15) is 5.82 Å². The number of hydrogen-bond acceptors (Lipinski definition) is 2. The number of amides is 2. The van der Waals surface area contributed by atoms with Gasteiger partial charge in [-0.2, -0.15) is 0 Å². The number of fused-ring (bicyclic) bond motifs is 1. The second-order valence-corrected chi connectivity index (χ2v) is 7.47. The molecule has 2 amide bonds. The molecular formula is C18H18FNO2. The molecule has 0 aromatic heterocycles. The topological polar surface area (TPSA) is 37.4 Å². The average molecular weight is 299 g/mol. The van der Waals surface area contributed by atoms with E-state index in [2.05, 4.69) is 0 Å². The van der Waals surface area contributed by atoms with Crippen LogP contribution in [-0.4, -0.2) is 11.8 Å². The van der Waals surface area contributed by atoms with Crippen LogP contribution < -0.4 is 4.90 Å². The fourth-order valence-electron chi connectivity index (χ4n) is 5.51. The highest BCUT2D eigenvalue weighted by Gasteiger charge is 2.68. The van der Waals surface area contributed by atoms with Crippen molar-refractivity contribution in [1.29, 1.82) is 0 Å². The van der Waals surface area contributed by atoms with Gasteiger partial charge < -0.3 is 0 Å². The summed E-state index contributed by atoms with van der Waals surface area (Å²) in [6, 6.07) is 4.65. The van der Waals surface area contributed by atoms with Crippen molar-refractivity contribution in [2.45, 2.75) is 26.2 Å². The van der Waals surface area contributed by atoms with Gasteiger partial charge in [-0.15, -0.1) is 0 Å². The molecule has 4 aliphatic carbocycles. The summed E-state index contributed by atoms with van der Waals surface area (Å²) in [5.41, 5.74) is 0.933. The summed E-state index contributed by atoms with van der Waals surface area (Å²) < 4.78 is 13.8. The largest absolute Gasteiger partial charge is 0.274 e. The Morgan fingerprint density at radius 1 is 1.00 bits per heavy atom. The number of hydrogen-bond donors (Lipinski definition) is 0.